The number of rotatable bonds is 6. The molecule has 0 aliphatic heterocycles. The molecule has 0 heterocycles. The summed E-state index contributed by atoms with van der Waals surface area (Å²) in [5, 5.41) is 1.80. The van der Waals surface area contributed by atoms with Gasteiger partial charge in [-0.3, -0.25) is 4.79 Å². The van der Waals surface area contributed by atoms with Crippen LogP contribution in [0.2, 0.25) is 0 Å². The molecular weight excluding hydrogens is 360 g/mol. The van der Waals surface area contributed by atoms with Crippen LogP contribution in [-0.2, 0) is 17.8 Å². The zero-order valence-electron chi connectivity index (χ0n) is 16.3. The number of carbonyl (C=O) groups excluding carboxylic acids is 1. The average molecular weight is 382 g/mol. The van der Waals surface area contributed by atoms with Crippen LogP contribution in [0.3, 0.4) is 0 Å². The summed E-state index contributed by atoms with van der Waals surface area (Å²) in [4.78, 5) is 11.8. The third-order valence-corrected chi connectivity index (χ3v) is 4.75. The minimum absolute atomic E-state index is 0.331. The fourth-order valence-electron chi connectivity index (χ4n) is 3.44. The van der Waals surface area contributed by atoms with E-state index in [2.05, 4.69) is 12.1 Å². The van der Waals surface area contributed by atoms with Crippen LogP contribution in [0.15, 0.2) is 91.0 Å². The van der Waals surface area contributed by atoms with Crippen molar-refractivity contribution < 1.29 is 14.3 Å². The average Bonchev–Trinajstić information content (AvgIpc) is 2.75. The number of ether oxygens (including phenoxy) is 2. The van der Waals surface area contributed by atoms with Crippen LogP contribution in [-0.4, -0.2) is 5.97 Å². The molecular formula is C26H22O3. The van der Waals surface area contributed by atoms with Crippen LogP contribution in [0, 0.1) is 0 Å². The van der Waals surface area contributed by atoms with Crippen molar-refractivity contribution in [1.29, 1.82) is 0 Å². The standard InChI is InChI=1S/C26H22O3/c1-19(27)29-26-22(16-20-10-4-2-5-11-20)17-25(23-14-8-9-15-24(23)26)28-18-21-12-6-3-7-13-21/h2-15,17H,16,18H2,1H3. The number of esters is 1. The molecule has 29 heavy (non-hydrogen) atoms. The lowest BCUT2D eigenvalue weighted by atomic mass is 9.98. The molecule has 0 saturated heterocycles. The normalized spacial score (nSPS) is 10.7. The van der Waals surface area contributed by atoms with E-state index in [1.165, 1.54) is 6.92 Å². The maximum absolute atomic E-state index is 11.8. The lowest BCUT2D eigenvalue weighted by Gasteiger charge is -2.17. The van der Waals surface area contributed by atoms with Gasteiger partial charge in [0.15, 0.2) is 0 Å². The van der Waals surface area contributed by atoms with Gasteiger partial charge in [-0.2, -0.15) is 0 Å². The van der Waals surface area contributed by atoms with Gasteiger partial charge in [0.2, 0.25) is 0 Å². The Morgan fingerprint density at radius 2 is 1.34 bits per heavy atom. The van der Waals surface area contributed by atoms with E-state index in [0.717, 1.165) is 33.2 Å². The highest BCUT2D eigenvalue weighted by atomic mass is 16.5. The molecule has 0 atom stereocenters. The quantitative estimate of drug-likeness (QED) is 0.306. The Kier molecular flexibility index (Phi) is 5.57. The van der Waals surface area contributed by atoms with Crippen molar-refractivity contribution in [3.63, 3.8) is 0 Å². The highest BCUT2D eigenvalue weighted by molar-refractivity contribution is 5.96. The summed E-state index contributed by atoms with van der Waals surface area (Å²) < 4.78 is 11.9. The van der Waals surface area contributed by atoms with E-state index < -0.39 is 0 Å². The third-order valence-electron chi connectivity index (χ3n) is 4.75. The van der Waals surface area contributed by atoms with Crippen LogP contribution in [0.1, 0.15) is 23.6 Å². The highest BCUT2D eigenvalue weighted by Gasteiger charge is 2.16. The number of hydrogen-bond donors (Lipinski definition) is 0. The fraction of sp³-hybridized carbons (Fsp3) is 0.115. The minimum atomic E-state index is -0.331. The van der Waals surface area contributed by atoms with Gasteiger partial charge in [0.1, 0.15) is 18.1 Å². The van der Waals surface area contributed by atoms with Crippen LogP contribution >= 0.6 is 0 Å². The summed E-state index contributed by atoms with van der Waals surface area (Å²) in [6.45, 7) is 1.91. The van der Waals surface area contributed by atoms with Crippen LogP contribution in [0.5, 0.6) is 11.5 Å². The van der Waals surface area contributed by atoms with Gasteiger partial charge >= 0.3 is 5.97 Å². The molecule has 4 aromatic carbocycles. The lowest BCUT2D eigenvalue weighted by Crippen LogP contribution is -2.06. The van der Waals surface area contributed by atoms with Crippen molar-refractivity contribution >= 4 is 16.7 Å². The molecule has 0 radical (unpaired) electrons. The summed E-state index contributed by atoms with van der Waals surface area (Å²) in [5.74, 6) is 1.05. The zero-order chi connectivity index (χ0) is 20.1. The summed E-state index contributed by atoms with van der Waals surface area (Å²) in [6, 6.07) is 30.1. The predicted molar refractivity (Wildman–Crippen MR) is 115 cm³/mol. The van der Waals surface area contributed by atoms with Crippen molar-refractivity contribution in [2.45, 2.75) is 20.0 Å². The Bertz CT molecular complexity index is 1120. The van der Waals surface area contributed by atoms with Gasteiger partial charge in [-0.05, 0) is 17.2 Å². The first-order valence-corrected chi connectivity index (χ1v) is 9.64. The number of benzene rings is 4. The van der Waals surface area contributed by atoms with Crippen molar-refractivity contribution in [2.24, 2.45) is 0 Å². The van der Waals surface area contributed by atoms with E-state index in [9.17, 15) is 4.79 Å². The molecule has 0 bridgehead atoms. The minimum Gasteiger partial charge on any atom is -0.488 e. The molecule has 0 N–H and O–H groups in total. The van der Waals surface area contributed by atoms with Crippen LogP contribution in [0.4, 0.5) is 0 Å². The van der Waals surface area contributed by atoms with Crippen molar-refractivity contribution in [2.75, 3.05) is 0 Å². The maximum atomic E-state index is 11.8. The van der Waals surface area contributed by atoms with Gasteiger partial charge in [-0.15, -0.1) is 0 Å². The highest BCUT2D eigenvalue weighted by Crippen LogP contribution is 2.38. The number of fused-ring (bicyclic) bond motifs is 1. The fourth-order valence-corrected chi connectivity index (χ4v) is 3.44. The maximum Gasteiger partial charge on any atom is 0.308 e. The van der Waals surface area contributed by atoms with E-state index in [4.69, 9.17) is 9.47 Å². The Hall–Kier alpha value is -3.59. The molecule has 0 aliphatic rings. The Morgan fingerprint density at radius 1 is 0.759 bits per heavy atom. The smallest absolute Gasteiger partial charge is 0.308 e. The summed E-state index contributed by atoms with van der Waals surface area (Å²) in [5.41, 5.74) is 3.17. The molecule has 4 aromatic rings. The van der Waals surface area contributed by atoms with Crippen molar-refractivity contribution in [3.8, 4) is 11.5 Å². The summed E-state index contributed by atoms with van der Waals surface area (Å²) in [6.07, 6.45) is 0.649. The molecule has 0 aliphatic carbocycles. The number of carbonyl (C=O) groups is 1. The summed E-state index contributed by atoms with van der Waals surface area (Å²) in [7, 11) is 0. The molecule has 4 rings (SSSR count). The zero-order valence-corrected chi connectivity index (χ0v) is 16.3. The molecule has 0 amide bonds. The van der Waals surface area contributed by atoms with Gasteiger partial charge in [0, 0.05) is 29.7 Å². The van der Waals surface area contributed by atoms with E-state index in [-0.39, 0.29) is 5.97 Å². The monoisotopic (exact) mass is 382 g/mol. The van der Waals surface area contributed by atoms with E-state index in [1.807, 2.05) is 78.9 Å². The Labute approximate surface area is 170 Å². The molecule has 0 aromatic heterocycles. The lowest BCUT2D eigenvalue weighted by molar-refractivity contribution is -0.131. The number of hydrogen-bond acceptors (Lipinski definition) is 3. The van der Waals surface area contributed by atoms with Crippen molar-refractivity contribution in [1.82, 2.24) is 0 Å². The molecule has 3 nitrogen and oxygen atoms in total. The molecule has 0 unspecified atom stereocenters. The van der Waals surface area contributed by atoms with Gasteiger partial charge in [-0.25, -0.2) is 0 Å². The SMILES string of the molecule is CC(=O)Oc1c(Cc2ccccc2)cc(OCc2ccccc2)c2ccccc12. The topological polar surface area (TPSA) is 35.5 Å². The van der Waals surface area contributed by atoms with Crippen LogP contribution < -0.4 is 9.47 Å². The van der Waals surface area contributed by atoms with Gasteiger partial charge < -0.3 is 9.47 Å². The largest absolute Gasteiger partial charge is 0.488 e. The van der Waals surface area contributed by atoms with E-state index in [0.29, 0.717) is 18.8 Å². The second-order valence-electron chi connectivity index (χ2n) is 6.94. The first-order chi connectivity index (χ1) is 14.2. The van der Waals surface area contributed by atoms with Gasteiger partial charge in [0.25, 0.3) is 0 Å². The van der Waals surface area contributed by atoms with E-state index >= 15 is 0 Å². The second-order valence-corrected chi connectivity index (χ2v) is 6.94. The second kappa shape index (κ2) is 8.61. The van der Waals surface area contributed by atoms with Crippen LogP contribution in [0.25, 0.3) is 10.8 Å². The summed E-state index contributed by atoms with van der Waals surface area (Å²) >= 11 is 0. The molecule has 0 fully saturated rings. The van der Waals surface area contributed by atoms with Gasteiger partial charge in [0.05, 0.1) is 0 Å². The third kappa shape index (κ3) is 4.46. The molecule has 144 valence electrons. The Morgan fingerprint density at radius 3 is 2.00 bits per heavy atom. The first kappa shape index (κ1) is 18.8. The Balaban J connectivity index is 1.79. The molecule has 0 spiro atoms. The van der Waals surface area contributed by atoms with Crippen molar-refractivity contribution in [3.05, 3.63) is 108 Å². The molecule has 3 heteroatoms. The first-order valence-electron chi connectivity index (χ1n) is 9.64. The van der Waals surface area contributed by atoms with E-state index in [1.54, 1.807) is 0 Å². The predicted octanol–water partition coefficient (Wildman–Crippen LogP) is 5.93. The van der Waals surface area contributed by atoms with Gasteiger partial charge in [-0.1, -0.05) is 84.9 Å². The molecule has 0 saturated carbocycles.